The quantitative estimate of drug-likeness (QED) is 0.553. The van der Waals surface area contributed by atoms with Crippen LogP contribution in [0.1, 0.15) is 37.0 Å². The number of carbonyl (C=O) groups is 2. The zero-order valence-electron chi connectivity index (χ0n) is 18.8. The molecule has 1 aliphatic carbocycles. The lowest BCUT2D eigenvalue weighted by Crippen LogP contribution is -2.39. The largest absolute Gasteiger partial charge is 0.369 e. The Labute approximate surface area is 195 Å². The summed E-state index contributed by atoms with van der Waals surface area (Å²) in [6.45, 7) is 3.94. The lowest BCUT2D eigenvalue weighted by Gasteiger charge is -2.35. The molecule has 0 fully saturated rings. The van der Waals surface area contributed by atoms with Crippen molar-refractivity contribution in [3.05, 3.63) is 77.5 Å². The first-order valence-corrected chi connectivity index (χ1v) is 10.9. The molecule has 2 atom stereocenters. The van der Waals surface area contributed by atoms with E-state index in [9.17, 15) is 9.59 Å². The predicted octanol–water partition coefficient (Wildman–Crippen LogP) is 3.75. The Bertz CT molecular complexity index is 1430. The maximum atomic E-state index is 16.5. The summed E-state index contributed by atoms with van der Waals surface area (Å²) in [5.41, 5.74) is 12.6. The number of hydrogen-bond donors (Lipinski definition) is 3. The van der Waals surface area contributed by atoms with E-state index < -0.39 is 17.5 Å². The average Bonchev–Trinajstić information content (AvgIpc) is 2.77. The number of carbonyl (C=O) groups excluding carboxylic acids is 2. The van der Waals surface area contributed by atoms with Crippen LogP contribution in [0.15, 0.2) is 60.8 Å². The first-order chi connectivity index (χ1) is 16.1. The second-order valence-electron chi connectivity index (χ2n) is 9.47. The van der Waals surface area contributed by atoms with E-state index in [1.807, 2.05) is 32.0 Å². The highest BCUT2D eigenvalue weighted by Crippen LogP contribution is 2.45. The van der Waals surface area contributed by atoms with Crippen LogP contribution in [-0.2, 0) is 20.7 Å². The van der Waals surface area contributed by atoms with Crippen LogP contribution >= 0.6 is 0 Å². The van der Waals surface area contributed by atoms with Gasteiger partial charge in [-0.2, -0.15) is 0 Å². The molecule has 5 rings (SSSR count). The predicted molar refractivity (Wildman–Crippen MR) is 129 cm³/mol. The second kappa shape index (κ2) is 7.48. The molecule has 0 saturated carbocycles. The molecule has 1 aliphatic heterocycles. The van der Waals surface area contributed by atoms with E-state index in [2.05, 4.69) is 15.3 Å². The van der Waals surface area contributed by atoms with Crippen LogP contribution in [0.4, 0.5) is 16.0 Å². The number of nitrogens with zero attached hydrogens (tertiary/aromatic N) is 2. The number of allylic oxidation sites excluding steroid dienone is 3. The molecular weight excluding hydrogens is 433 g/mol. The van der Waals surface area contributed by atoms with Gasteiger partial charge in [-0.3, -0.25) is 9.59 Å². The van der Waals surface area contributed by atoms with Crippen molar-refractivity contribution in [1.82, 2.24) is 9.97 Å². The maximum Gasteiger partial charge on any atom is 0.228 e. The van der Waals surface area contributed by atoms with Gasteiger partial charge in [-0.05, 0) is 46.5 Å². The Kier molecular flexibility index (Phi) is 4.79. The summed E-state index contributed by atoms with van der Waals surface area (Å²) in [7, 11) is 0. The van der Waals surface area contributed by atoms with Gasteiger partial charge in [-0.1, -0.05) is 44.2 Å². The van der Waals surface area contributed by atoms with Gasteiger partial charge < -0.3 is 16.8 Å². The van der Waals surface area contributed by atoms with E-state index in [1.165, 1.54) is 6.08 Å². The van der Waals surface area contributed by atoms with E-state index in [0.717, 1.165) is 16.5 Å². The summed E-state index contributed by atoms with van der Waals surface area (Å²) in [5, 5.41) is 3.60. The molecule has 1 aromatic heterocycles. The van der Waals surface area contributed by atoms with Gasteiger partial charge in [0.1, 0.15) is 0 Å². The number of fused-ring (bicyclic) bond motifs is 2. The molecule has 8 heteroatoms. The number of halogens is 1. The van der Waals surface area contributed by atoms with Crippen molar-refractivity contribution in [2.45, 2.75) is 31.4 Å². The number of anilines is 2. The summed E-state index contributed by atoms with van der Waals surface area (Å²) < 4.78 is 16.5. The van der Waals surface area contributed by atoms with Crippen molar-refractivity contribution in [3.63, 3.8) is 0 Å². The van der Waals surface area contributed by atoms with Crippen LogP contribution in [0.2, 0.25) is 0 Å². The zero-order valence-corrected chi connectivity index (χ0v) is 18.8. The van der Waals surface area contributed by atoms with Crippen LogP contribution in [0.25, 0.3) is 16.5 Å². The zero-order chi connectivity index (χ0) is 24.3. The summed E-state index contributed by atoms with van der Waals surface area (Å²) in [4.78, 5) is 32.8. The molecule has 0 spiro atoms. The first-order valence-electron chi connectivity index (χ1n) is 10.9. The Morgan fingerprint density at radius 3 is 2.76 bits per heavy atom. The number of benzene rings is 2. The molecule has 2 unspecified atom stereocenters. The number of nitrogen functional groups attached to an aromatic ring is 1. The molecule has 3 aromatic rings. The third-order valence-corrected chi connectivity index (χ3v) is 6.61. The lowest BCUT2D eigenvalue weighted by atomic mass is 9.74. The van der Waals surface area contributed by atoms with Crippen molar-refractivity contribution in [1.29, 1.82) is 0 Å². The van der Waals surface area contributed by atoms with Crippen molar-refractivity contribution in [2.75, 3.05) is 11.1 Å². The molecule has 2 aliphatic rings. The highest BCUT2D eigenvalue weighted by atomic mass is 19.1. The summed E-state index contributed by atoms with van der Waals surface area (Å²) >= 11 is 0. The highest BCUT2D eigenvalue weighted by molar-refractivity contribution is 5.96. The topological polar surface area (TPSA) is 124 Å². The van der Waals surface area contributed by atoms with Gasteiger partial charge in [-0.15, -0.1) is 0 Å². The number of nitrogens with one attached hydrogen (secondary N) is 1. The molecule has 7 nitrogen and oxygen atoms in total. The fourth-order valence-corrected chi connectivity index (χ4v) is 4.82. The minimum Gasteiger partial charge on any atom is -0.369 e. The molecule has 2 heterocycles. The number of alkyl halides is 1. The lowest BCUT2D eigenvalue weighted by molar-refractivity contribution is -0.123. The fraction of sp³-hybridized carbons (Fsp3) is 0.231. The molecule has 172 valence electrons. The number of aromatic nitrogens is 2. The van der Waals surface area contributed by atoms with Crippen LogP contribution < -0.4 is 16.8 Å². The Hall–Kier alpha value is -4.07. The number of nitrogens with two attached hydrogens (primary N) is 2. The van der Waals surface area contributed by atoms with Gasteiger partial charge in [0.05, 0.1) is 11.4 Å². The fourth-order valence-electron chi connectivity index (χ4n) is 4.82. The van der Waals surface area contributed by atoms with E-state index in [1.54, 1.807) is 36.5 Å². The monoisotopic (exact) mass is 457 g/mol. The molecule has 5 N–H and O–H groups in total. The molecular formula is C26H24FN5O2. The molecule has 34 heavy (non-hydrogen) atoms. The van der Waals surface area contributed by atoms with E-state index in [0.29, 0.717) is 23.2 Å². The smallest absolute Gasteiger partial charge is 0.228 e. The number of primary amides is 1. The van der Waals surface area contributed by atoms with Crippen molar-refractivity contribution in [2.24, 2.45) is 11.7 Å². The third kappa shape index (κ3) is 3.51. The van der Waals surface area contributed by atoms with Gasteiger partial charge in [0.15, 0.2) is 5.67 Å². The summed E-state index contributed by atoms with van der Waals surface area (Å²) in [6.07, 6.45) is 6.50. The SMILES string of the molecule is CC1(C)CC(=O)Nc2cc(C3(F)C=CC(c4ccc5nc(N)ncc5c4)=CC3C(N)=O)ccc21. The number of rotatable bonds is 3. The van der Waals surface area contributed by atoms with E-state index in [4.69, 9.17) is 11.5 Å². The first kappa shape index (κ1) is 21.8. The third-order valence-electron chi connectivity index (χ3n) is 6.61. The summed E-state index contributed by atoms with van der Waals surface area (Å²) in [6, 6.07) is 10.5. The number of amides is 2. The second-order valence-corrected chi connectivity index (χ2v) is 9.47. The van der Waals surface area contributed by atoms with Gasteiger partial charge in [0.25, 0.3) is 0 Å². The minimum absolute atomic E-state index is 0.127. The maximum absolute atomic E-state index is 16.5. The van der Waals surface area contributed by atoms with Crippen LogP contribution in [-0.4, -0.2) is 21.8 Å². The average molecular weight is 458 g/mol. The molecule has 2 amide bonds. The van der Waals surface area contributed by atoms with Crippen molar-refractivity contribution < 1.29 is 14.0 Å². The summed E-state index contributed by atoms with van der Waals surface area (Å²) in [5.74, 6) is -1.98. The molecule has 0 saturated heterocycles. The highest BCUT2D eigenvalue weighted by Gasteiger charge is 2.44. The van der Waals surface area contributed by atoms with Crippen LogP contribution in [0, 0.1) is 5.92 Å². The van der Waals surface area contributed by atoms with Crippen molar-refractivity contribution >= 4 is 39.9 Å². The van der Waals surface area contributed by atoms with E-state index >= 15 is 4.39 Å². The molecule has 0 bridgehead atoms. The molecule has 2 aromatic carbocycles. The van der Waals surface area contributed by atoms with E-state index in [-0.39, 0.29) is 22.8 Å². The standard InChI is InChI=1S/C26H24FN5O2/c1-25(2)12-22(33)31-21-11-17(4-5-18(21)25)26(27)8-7-15(10-19(26)23(28)34)14-3-6-20-16(9-14)13-30-24(29)32-20/h3-11,13,19H,12H2,1-2H3,(H2,28,34)(H,31,33)(H2,29,30,32). The van der Waals surface area contributed by atoms with Gasteiger partial charge in [0, 0.05) is 29.1 Å². The van der Waals surface area contributed by atoms with Gasteiger partial charge >= 0.3 is 0 Å². The minimum atomic E-state index is -2.16. The van der Waals surface area contributed by atoms with Gasteiger partial charge in [-0.25, -0.2) is 14.4 Å². The van der Waals surface area contributed by atoms with Crippen LogP contribution in [0.3, 0.4) is 0 Å². The Morgan fingerprint density at radius 2 is 2.00 bits per heavy atom. The Balaban J connectivity index is 1.55. The van der Waals surface area contributed by atoms with Crippen molar-refractivity contribution in [3.8, 4) is 0 Å². The Morgan fingerprint density at radius 1 is 1.21 bits per heavy atom. The van der Waals surface area contributed by atoms with Gasteiger partial charge in [0.2, 0.25) is 17.8 Å². The molecule has 0 radical (unpaired) electrons. The van der Waals surface area contributed by atoms with Crippen LogP contribution in [0.5, 0.6) is 0 Å². The number of hydrogen-bond acceptors (Lipinski definition) is 5. The normalized spacial score (nSPS) is 23.2.